The molecule has 96 valence electrons. The zero-order chi connectivity index (χ0) is 12.7. The van der Waals surface area contributed by atoms with Crippen LogP contribution in [0.3, 0.4) is 0 Å². The molecule has 0 bridgehead atoms. The van der Waals surface area contributed by atoms with E-state index >= 15 is 0 Å². The molecule has 1 aromatic heterocycles. The summed E-state index contributed by atoms with van der Waals surface area (Å²) in [6, 6.07) is 4.27. The number of anilines is 1. The fourth-order valence-electron chi connectivity index (χ4n) is 1.66. The first kappa shape index (κ1) is 13.8. The molecule has 0 aliphatic heterocycles. The van der Waals surface area contributed by atoms with Gasteiger partial charge < -0.3 is 10.1 Å². The number of ether oxygens (including phenoxy) is 1. The molecule has 3 heteroatoms. The van der Waals surface area contributed by atoms with Crippen molar-refractivity contribution < 1.29 is 4.74 Å². The van der Waals surface area contributed by atoms with E-state index in [1.807, 2.05) is 19.1 Å². The average Bonchev–Trinajstić information content (AvgIpc) is 2.29. The van der Waals surface area contributed by atoms with E-state index in [4.69, 9.17) is 4.74 Å². The third-order valence-electron chi connectivity index (χ3n) is 2.63. The second kappa shape index (κ2) is 7.15. The summed E-state index contributed by atoms with van der Waals surface area (Å²) in [5.41, 5.74) is 0. The fourth-order valence-corrected chi connectivity index (χ4v) is 1.66. The lowest BCUT2D eigenvalue weighted by molar-refractivity contribution is 0.340. The minimum Gasteiger partial charge on any atom is -0.490 e. The lowest BCUT2D eigenvalue weighted by Crippen LogP contribution is -2.17. The van der Waals surface area contributed by atoms with Gasteiger partial charge in [-0.2, -0.15) is 0 Å². The number of pyridine rings is 1. The van der Waals surface area contributed by atoms with Crippen molar-refractivity contribution in [3.8, 4) is 5.75 Å². The highest BCUT2D eigenvalue weighted by molar-refractivity contribution is 5.49. The van der Waals surface area contributed by atoms with Crippen LogP contribution in [0, 0.1) is 5.92 Å². The monoisotopic (exact) mass is 236 g/mol. The molecule has 0 spiro atoms. The smallest absolute Gasteiger partial charge is 0.168 e. The molecule has 1 heterocycles. The van der Waals surface area contributed by atoms with Crippen LogP contribution in [-0.4, -0.2) is 17.6 Å². The third kappa shape index (κ3) is 5.07. The normalized spacial score (nSPS) is 12.5. The maximum Gasteiger partial charge on any atom is 0.168 e. The lowest BCUT2D eigenvalue weighted by atomic mass is 10.0. The zero-order valence-electron chi connectivity index (χ0n) is 11.4. The number of hydrogen-bond donors (Lipinski definition) is 1. The lowest BCUT2D eigenvalue weighted by Gasteiger charge is -2.17. The van der Waals surface area contributed by atoms with Crippen molar-refractivity contribution in [2.45, 2.75) is 46.6 Å². The summed E-state index contributed by atoms with van der Waals surface area (Å²) < 4.78 is 5.54. The van der Waals surface area contributed by atoms with Crippen LogP contribution in [-0.2, 0) is 0 Å². The van der Waals surface area contributed by atoms with Gasteiger partial charge in [0.25, 0.3) is 0 Å². The van der Waals surface area contributed by atoms with Crippen molar-refractivity contribution in [2.24, 2.45) is 5.92 Å². The Kier molecular flexibility index (Phi) is 5.81. The maximum atomic E-state index is 5.54. The molecular weight excluding hydrogens is 212 g/mol. The second-order valence-electron chi connectivity index (χ2n) is 4.80. The zero-order valence-corrected chi connectivity index (χ0v) is 11.4. The first-order chi connectivity index (χ1) is 8.13. The van der Waals surface area contributed by atoms with Crippen LogP contribution in [0.4, 0.5) is 5.82 Å². The molecule has 3 nitrogen and oxygen atoms in total. The fraction of sp³-hybridized carbons (Fsp3) is 0.643. The minimum atomic E-state index is 0.423. The van der Waals surface area contributed by atoms with Crippen molar-refractivity contribution in [1.82, 2.24) is 4.98 Å². The summed E-state index contributed by atoms with van der Waals surface area (Å²) in [7, 11) is 0. The van der Waals surface area contributed by atoms with Gasteiger partial charge >= 0.3 is 0 Å². The highest BCUT2D eigenvalue weighted by atomic mass is 16.5. The Morgan fingerprint density at radius 3 is 2.71 bits per heavy atom. The van der Waals surface area contributed by atoms with E-state index in [-0.39, 0.29) is 0 Å². The standard InChI is InChI=1S/C14H24N2O/c1-5-17-13-7-6-10-15-14(13)16-12(4)9-8-11(2)3/h6-7,10-12H,5,8-9H2,1-4H3,(H,15,16). The molecule has 0 amide bonds. The molecule has 0 saturated heterocycles. The van der Waals surface area contributed by atoms with Crippen molar-refractivity contribution in [2.75, 3.05) is 11.9 Å². The number of rotatable bonds is 7. The molecule has 0 saturated carbocycles. The molecule has 0 aliphatic carbocycles. The summed E-state index contributed by atoms with van der Waals surface area (Å²) in [5, 5.41) is 3.41. The van der Waals surface area contributed by atoms with Crippen LogP contribution in [0.2, 0.25) is 0 Å². The van der Waals surface area contributed by atoms with Gasteiger partial charge in [-0.05, 0) is 44.7 Å². The van der Waals surface area contributed by atoms with E-state index in [2.05, 4.69) is 31.1 Å². The van der Waals surface area contributed by atoms with Crippen LogP contribution in [0.15, 0.2) is 18.3 Å². The van der Waals surface area contributed by atoms with Crippen LogP contribution in [0.1, 0.15) is 40.5 Å². The largest absolute Gasteiger partial charge is 0.490 e. The summed E-state index contributed by atoms with van der Waals surface area (Å²) in [4.78, 5) is 4.33. The quantitative estimate of drug-likeness (QED) is 0.783. The SMILES string of the molecule is CCOc1cccnc1NC(C)CCC(C)C. The summed E-state index contributed by atoms with van der Waals surface area (Å²) in [5.74, 6) is 2.44. The Bertz CT molecular complexity index is 326. The van der Waals surface area contributed by atoms with E-state index < -0.39 is 0 Å². The maximum absolute atomic E-state index is 5.54. The Morgan fingerprint density at radius 1 is 1.29 bits per heavy atom. The first-order valence-corrected chi connectivity index (χ1v) is 6.47. The van der Waals surface area contributed by atoms with Gasteiger partial charge in [-0.25, -0.2) is 4.98 Å². The van der Waals surface area contributed by atoms with Crippen molar-refractivity contribution in [1.29, 1.82) is 0 Å². The molecule has 0 radical (unpaired) electrons. The number of aromatic nitrogens is 1. The highest BCUT2D eigenvalue weighted by Crippen LogP contribution is 2.22. The van der Waals surface area contributed by atoms with Crippen LogP contribution in [0.25, 0.3) is 0 Å². The Hall–Kier alpha value is -1.25. The predicted octanol–water partition coefficient (Wildman–Crippen LogP) is 3.72. The first-order valence-electron chi connectivity index (χ1n) is 6.47. The molecule has 1 rings (SSSR count). The number of hydrogen-bond acceptors (Lipinski definition) is 3. The van der Waals surface area contributed by atoms with Gasteiger partial charge in [-0.3, -0.25) is 0 Å². The van der Waals surface area contributed by atoms with Gasteiger partial charge in [0.1, 0.15) is 0 Å². The third-order valence-corrected chi connectivity index (χ3v) is 2.63. The molecule has 0 aliphatic rings. The van der Waals surface area contributed by atoms with Crippen LogP contribution in [0.5, 0.6) is 5.75 Å². The predicted molar refractivity (Wildman–Crippen MR) is 72.6 cm³/mol. The summed E-state index contributed by atoms with van der Waals surface area (Å²) in [6.45, 7) is 9.34. The van der Waals surface area contributed by atoms with Crippen molar-refractivity contribution in [3.05, 3.63) is 18.3 Å². The minimum absolute atomic E-state index is 0.423. The van der Waals surface area contributed by atoms with Crippen LogP contribution >= 0.6 is 0 Å². The van der Waals surface area contributed by atoms with Gasteiger partial charge in [0.05, 0.1) is 6.61 Å². The highest BCUT2D eigenvalue weighted by Gasteiger charge is 2.08. The van der Waals surface area contributed by atoms with Gasteiger partial charge in [0, 0.05) is 12.2 Å². The van der Waals surface area contributed by atoms with Gasteiger partial charge in [0.15, 0.2) is 11.6 Å². The van der Waals surface area contributed by atoms with E-state index in [0.717, 1.165) is 23.9 Å². The average molecular weight is 236 g/mol. The van der Waals surface area contributed by atoms with Gasteiger partial charge in [-0.15, -0.1) is 0 Å². The van der Waals surface area contributed by atoms with E-state index in [1.165, 1.54) is 6.42 Å². The molecule has 1 atom stereocenters. The van der Waals surface area contributed by atoms with E-state index in [9.17, 15) is 0 Å². The van der Waals surface area contributed by atoms with Crippen LogP contribution < -0.4 is 10.1 Å². The van der Waals surface area contributed by atoms with Gasteiger partial charge in [-0.1, -0.05) is 13.8 Å². The number of nitrogens with one attached hydrogen (secondary N) is 1. The Labute approximate surface area is 105 Å². The molecule has 17 heavy (non-hydrogen) atoms. The Morgan fingerprint density at radius 2 is 2.06 bits per heavy atom. The summed E-state index contributed by atoms with van der Waals surface area (Å²) >= 11 is 0. The van der Waals surface area contributed by atoms with E-state index in [1.54, 1.807) is 6.20 Å². The van der Waals surface area contributed by atoms with E-state index in [0.29, 0.717) is 12.6 Å². The van der Waals surface area contributed by atoms with Gasteiger partial charge in [0.2, 0.25) is 0 Å². The van der Waals surface area contributed by atoms with Crippen molar-refractivity contribution >= 4 is 5.82 Å². The molecule has 1 aromatic rings. The molecule has 1 unspecified atom stereocenters. The van der Waals surface area contributed by atoms with Crippen molar-refractivity contribution in [3.63, 3.8) is 0 Å². The topological polar surface area (TPSA) is 34.1 Å². The second-order valence-corrected chi connectivity index (χ2v) is 4.80. The molecular formula is C14H24N2O. The Balaban J connectivity index is 2.54. The number of nitrogens with zero attached hydrogens (tertiary/aromatic N) is 1. The summed E-state index contributed by atoms with van der Waals surface area (Å²) in [6.07, 6.45) is 4.17. The molecule has 1 N–H and O–H groups in total. The molecule has 0 fully saturated rings. The molecule has 0 aromatic carbocycles.